The number of nitrogens with two attached hydrogens (primary N) is 1. The lowest BCUT2D eigenvalue weighted by Gasteiger charge is -2.26. The number of amides is 3. The van der Waals surface area contributed by atoms with E-state index in [2.05, 4.69) is 20.9 Å². The minimum absolute atomic E-state index is 0.00276. The highest BCUT2D eigenvalue weighted by atomic mass is 16.4. The molecule has 12 heteroatoms. The highest BCUT2D eigenvalue weighted by Gasteiger charge is 2.33. The van der Waals surface area contributed by atoms with Crippen LogP contribution in [-0.2, 0) is 32.0 Å². The number of aliphatic carboxylic acids is 1. The number of fused-ring (bicyclic) bond motifs is 1. The highest BCUT2D eigenvalue weighted by molar-refractivity contribution is 5.95. The van der Waals surface area contributed by atoms with Crippen molar-refractivity contribution < 1.29 is 34.5 Å². The molecule has 0 spiro atoms. The van der Waals surface area contributed by atoms with Gasteiger partial charge in [0.1, 0.15) is 17.8 Å². The number of carboxylic acids is 1. The molecule has 1 aromatic heterocycles. The summed E-state index contributed by atoms with van der Waals surface area (Å²) in [5.74, 6) is -3.65. The SMILES string of the molecule is CCC(C)C(N)C(=O)NC(Cc1c[nH]c2ccccc12)C(=O)NC(Cc1ccc(O)cc1)C(=O)NC(C(=O)O)C(C)O. The molecular formula is C30H39N5O7. The standard InChI is InChI=1S/C30H39N5O7/c1-4-16(2)25(31)29(40)34-24(14-19-15-32-22-8-6-5-7-21(19)22)27(38)33-23(13-18-9-11-20(37)12-10-18)28(39)35-26(17(3)36)30(41)42/h5-12,15-17,23-26,32,36-37H,4,13-14,31H2,1-3H3,(H,33,38)(H,34,40)(H,35,39)(H,41,42). The molecule has 0 saturated heterocycles. The Morgan fingerprint density at radius 1 is 0.881 bits per heavy atom. The second kappa shape index (κ2) is 14.5. The first kappa shape index (κ1) is 32.1. The number of carbonyl (C=O) groups is 4. The van der Waals surface area contributed by atoms with Crippen molar-refractivity contribution in [3.05, 3.63) is 65.9 Å². The Kier molecular flexibility index (Phi) is 11.1. The van der Waals surface area contributed by atoms with E-state index in [-0.39, 0.29) is 24.5 Å². The number of phenolic OH excluding ortho intramolecular Hbond substituents is 1. The first-order chi connectivity index (χ1) is 19.9. The van der Waals surface area contributed by atoms with Crippen LogP contribution in [0.1, 0.15) is 38.3 Å². The van der Waals surface area contributed by atoms with Crippen LogP contribution in [0.3, 0.4) is 0 Å². The third kappa shape index (κ3) is 8.30. The molecule has 42 heavy (non-hydrogen) atoms. The number of rotatable bonds is 14. The summed E-state index contributed by atoms with van der Waals surface area (Å²) in [7, 11) is 0. The predicted molar refractivity (Wildman–Crippen MR) is 156 cm³/mol. The van der Waals surface area contributed by atoms with Gasteiger partial charge < -0.3 is 42.0 Å². The Hall–Kier alpha value is -4.42. The van der Waals surface area contributed by atoms with Gasteiger partial charge in [-0.1, -0.05) is 50.6 Å². The minimum Gasteiger partial charge on any atom is -0.508 e. The Morgan fingerprint density at radius 3 is 2.10 bits per heavy atom. The molecule has 12 nitrogen and oxygen atoms in total. The summed E-state index contributed by atoms with van der Waals surface area (Å²) >= 11 is 0. The summed E-state index contributed by atoms with van der Waals surface area (Å²) in [6, 6.07) is 8.52. The number of carbonyl (C=O) groups excluding carboxylic acids is 3. The van der Waals surface area contributed by atoms with E-state index in [1.54, 1.807) is 18.3 Å². The maximum absolute atomic E-state index is 13.8. The molecule has 9 N–H and O–H groups in total. The number of aromatic nitrogens is 1. The van der Waals surface area contributed by atoms with Crippen LogP contribution in [0, 0.1) is 5.92 Å². The Labute approximate surface area is 243 Å². The fourth-order valence-corrected chi connectivity index (χ4v) is 4.50. The smallest absolute Gasteiger partial charge is 0.328 e. The number of carboxylic acid groups (broad SMARTS) is 1. The number of para-hydroxylation sites is 1. The maximum atomic E-state index is 13.8. The highest BCUT2D eigenvalue weighted by Crippen LogP contribution is 2.20. The number of H-pyrrole nitrogens is 1. The summed E-state index contributed by atoms with van der Waals surface area (Å²) in [6.45, 7) is 4.95. The van der Waals surface area contributed by atoms with Gasteiger partial charge in [-0.05, 0) is 42.2 Å². The number of nitrogens with one attached hydrogen (secondary N) is 4. The van der Waals surface area contributed by atoms with Crippen LogP contribution in [0.2, 0.25) is 0 Å². The summed E-state index contributed by atoms with van der Waals surface area (Å²) in [4.78, 5) is 54.9. The van der Waals surface area contributed by atoms with Gasteiger partial charge in [-0.2, -0.15) is 0 Å². The number of hydrogen-bond donors (Lipinski definition) is 8. The lowest BCUT2D eigenvalue weighted by Crippen LogP contribution is -2.59. The van der Waals surface area contributed by atoms with Gasteiger partial charge >= 0.3 is 5.97 Å². The molecule has 3 rings (SSSR count). The Balaban J connectivity index is 1.92. The van der Waals surface area contributed by atoms with Crippen molar-refractivity contribution in [1.29, 1.82) is 0 Å². The van der Waals surface area contributed by atoms with Crippen molar-refractivity contribution in [2.24, 2.45) is 11.7 Å². The van der Waals surface area contributed by atoms with Crippen LogP contribution in [0.5, 0.6) is 5.75 Å². The van der Waals surface area contributed by atoms with Gasteiger partial charge in [0.2, 0.25) is 17.7 Å². The van der Waals surface area contributed by atoms with E-state index in [1.165, 1.54) is 19.1 Å². The van der Waals surface area contributed by atoms with E-state index in [1.807, 2.05) is 38.1 Å². The number of hydrogen-bond acceptors (Lipinski definition) is 7. The van der Waals surface area contributed by atoms with Crippen LogP contribution in [-0.4, -0.2) is 74.3 Å². The monoisotopic (exact) mass is 581 g/mol. The van der Waals surface area contributed by atoms with E-state index in [4.69, 9.17) is 5.73 Å². The molecule has 0 fully saturated rings. The lowest BCUT2D eigenvalue weighted by molar-refractivity contribution is -0.145. The molecule has 1 heterocycles. The number of phenols is 1. The van der Waals surface area contributed by atoms with Crippen molar-refractivity contribution >= 4 is 34.6 Å². The molecule has 6 atom stereocenters. The molecule has 2 aromatic carbocycles. The largest absolute Gasteiger partial charge is 0.508 e. The summed E-state index contributed by atoms with van der Waals surface area (Å²) in [6.07, 6.45) is 0.994. The average molecular weight is 582 g/mol. The summed E-state index contributed by atoms with van der Waals surface area (Å²) in [5.41, 5.74) is 8.31. The molecule has 0 saturated carbocycles. The quantitative estimate of drug-likeness (QED) is 0.137. The zero-order valence-corrected chi connectivity index (χ0v) is 23.8. The second-order valence-corrected chi connectivity index (χ2v) is 10.5. The van der Waals surface area contributed by atoms with Crippen molar-refractivity contribution in [3.8, 4) is 5.75 Å². The van der Waals surface area contributed by atoms with Crippen LogP contribution in [0.15, 0.2) is 54.7 Å². The fourth-order valence-electron chi connectivity index (χ4n) is 4.50. The molecule has 0 aliphatic carbocycles. The van der Waals surface area contributed by atoms with Crippen LogP contribution in [0.25, 0.3) is 10.9 Å². The van der Waals surface area contributed by atoms with Crippen molar-refractivity contribution in [1.82, 2.24) is 20.9 Å². The molecule has 3 aromatic rings. The summed E-state index contributed by atoms with van der Waals surface area (Å²) < 4.78 is 0. The number of aromatic amines is 1. The van der Waals surface area contributed by atoms with E-state index in [0.29, 0.717) is 12.0 Å². The predicted octanol–water partition coefficient (Wildman–Crippen LogP) is 0.952. The molecule has 6 unspecified atom stereocenters. The van der Waals surface area contributed by atoms with Gasteiger partial charge in [-0.25, -0.2) is 4.79 Å². The van der Waals surface area contributed by atoms with Crippen molar-refractivity contribution in [2.75, 3.05) is 0 Å². The lowest BCUT2D eigenvalue weighted by atomic mass is 9.98. The molecule has 226 valence electrons. The van der Waals surface area contributed by atoms with Gasteiger partial charge in [-0.3, -0.25) is 14.4 Å². The number of aliphatic hydroxyl groups excluding tert-OH is 1. The van der Waals surface area contributed by atoms with Gasteiger partial charge in [0.25, 0.3) is 0 Å². The van der Waals surface area contributed by atoms with Crippen LogP contribution < -0.4 is 21.7 Å². The average Bonchev–Trinajstić information content (AvgIpc) is 3.37. The van der Waals surface area contributed by atoms with Gasteiger partial charge in [-0.15, -0.1) is 0 Å². The fraction of sp³-hybridized carbons (Fsp3) is 0.400. The number of aromatic hydroxyl groups is 1. The van der Waals surface area contributed by atoms with E-state index < -0.39 is 54.0 Å². The van der Waals surface area contributed by atoms with Gasteiger partial charge in [0, 0.05) is 29.9 Å². The zero-order chi connectivity index (χ0) is 31.0. The second-order valence-electron chi connectivity index (χ2n) is 10.5. The molecular weight excluding hydrogens is 542 g/mol. The van der Waals surface area contributed by atoms with Crippen molar-refractivity contribution in [2.45, 2.75) is 70.3 Å². The van der Waals surface area contributed by atoms with Gasteiger partial charge in [0.15, 0.2) is 6.04 Å². The van der Waals surface area contributed by atoms with Gasteiger partial charge in [0.05, 0.1) is 12.1 Å². The topological polar surface area (TPSA) is 207 Å². The third-order valence-electron chi connectivity index (χ3n) is 7.35. The van der Waals surface area contributed by atoms with Crippen molar-refractivity contribution in [3.63, 3.8) is 0 Å². The molecule has 0 bridgehead atoms. The first-order valence-electron chi connectivity index (χ1n) is 13.8. The van der Waals surface area contributed by atoms with Crippen LogP contribution in [0.4, 0.5) is 0 Å². The third-order valence-corrected chi connectivity index (χ3v) is 7.35. The normalized spacial score (nSPS) is 15.5. The Morgan fingerprint density at radius 2 is 1.48 bits per heavy atom. The number of aliphatic hydroxyl groups is 1. The minimum atomic E-state index is -1.62. The molecule has 3 amide bonds. The number of benzene rings is 2. The molecule has 0 aliphatic heterocycles. The first-order valence-corrected chi connectivity index (χ1v) is 13.8. The summed E-state index contributed by atoms with van der Waals surface area (Å²) in [5, 5.41) is 37.5. The molecule has 0 aliphatic rings. The van der Waals surface area contributed by atoms with E-state index in [9.17, 15) is 34.5 Å². The van der Waals surface area contributed by atoms with E-state index >= 15 is 0 Å². The van der Waals surface area contributed by atoms with Crippen LogP contribution >= 0.6 is 0 Å². The Bertz CT molecular complexity index is 1390. The maximum Gasteiger partial charge on any atom is 0.328 e. The molecule has 0 radical (unpaired) electrons. The zero-order valence-electron chi connectivity index (χ0n) is 23.8. The van der Waals surface area contributed by atoms with E-state index in [0.717, 1.165) is 16.5 Å².